The Morgan fingerprint density at radius 1 is 1.24 bits per heavy atom. The van der Waals surface area contributed by atoms with E-state index >= 15 is 0 Å². The molecule has 3 amide bonds. The van der Waals surface area contributed by atoms with Gasteiger partial charge in [0, 0.05) is 30.4 Å². The molecule has 0 unspecified atom stereocenters. The average molecular weight is 567 g/mol. The van der Waals surface area contributed by atoms with Crippen LogP contribution in [-0.2, 0) is 9.59 Å². The number of imide groups is 1. The molecule has 2 aromatic rings. The average Bonchev–Trinajstić information content (AvgIpc) is 3.11. The summed E-state index contributed by atoms with van der Waals surface area (Å²) in [7, 11) is 0. The number of hydrogen-bond acceptors (Lipinski definition) is 9. The number of thioether (sulfide) groups is 1. The summed E-state index contributed by atoms with van der Waals surface area (Å²) in [4.78, 5) is 42.5. The van der Waals surface area contributed by atoms with Crippen molar-refractivity contribution in [2.75, 3.05) is 18.1 Å². The summed E-state index contributed by atoms with van der Waals surface area (Å²) in [5, 5.41) is 5.92. The second-order valence-corrected chi connectivity index (χ2v) is 8.40. The lowest BCUT2D eigenvalue weighted by Crippen LogP contribution is -2.32. The number of benzene rings is 1. The molecule has 10 nitrogen and oxygen atoms in total. The summed E-state index contributed by atoms with van der Waals surface area (Å²) in [6.45, 7) is 0.158. The molecule has 6 N–H and O–H groups in total. The number of hydrazone groups is 1. The minimum absolute atomic E-state index is 0.152. The van der Waals surface area contributed by atoms with E-state index in [1.165, 1.54) is 0 Å². The molecule has 1 aromatic heterocycles. The first-order valence-electron chi connectivity index (χ1n) is 9.87. The monoisotopic (exact) mass is 565 g/mol. The summed E-state index contributed by atoms with van der Waals surface area (Å²) in [5.74, 6) is 10.3. The predicted octanol–water partition coefficient (Wildman–Crippen LogP) is 2.93. The van der Waals surface area contributed by atoms with Crippen LogP contribution in [0.25, 0.3) is 6.08 Å². The maximum atomic E-state index is 12.5. The highest BCUT2D eigenvalue weighted by Gasteiger charge is 2.34. The molecule has 0 aliphatic carbocycles. The van der Waals surface area contributed by atoms with Crippen molar-refractivity contribution in [1.82, 2.24) is 15.3 Å². The Morgan fingerprint density at radius 3 is 2.53 bits per heavy atom. The Labute approximate surface area is 215 Å². The highest BCUT2D eigenvalue weighted by molar-refractivity contribution is 9.10. The Morgan fingerprint density at radius 2 is 1.94 bits per heavy atom. The van der Waals surface area contributed by atoms with Gasteiger partial charge in [0.15, 0.2) is 5.84 Å². The van der Waals surface area contributed by atoms with Gasteiger partial charge in [0.2, 0.25) is 5.91 Å². The number of aromatic nitrogens is 1. The van der Waals surface area contributed by atoms with Crippen LogP contribution >= 0.6 is 40.3 Å². The highest BCUT2D eigenvalue weighted by Crippen LogP contribution is 2.32. The topological polar surface area (TPSA) is 156 Å². The number of carbonyl (C=O) groups is 3. The maximum Gasteiger partial charge on any atom is 0.293 e. The fourth-order valence-electron chi connectivity index (χ4n) is 2.84. The lowest BCUT2D eigenvalue weighted by molar-refractivity contribution is -0.123. The third-order valence-corrected chi connectivity index (χ3v) is 5.79. The van der Waals surface area contributed by atoms with Crippen LogP contribution in [0.4, 0.5) is 10.5 Å². The number of halogens is 1. The van der Waals surface area contributed by atoms with Crippen LogP contribution in [0.3, 0.4) is 0 Å². The van der Waals surface area contributed by atoms with Crippen LogP contribution in [0.1, 0.15) is 24.0 Å². The molecule has 2 heterocycles. The van der Waals surface area contributed by atoms with Gasteiger partial charge in [-0.05, 0) is 82.3 Å². The van der Waals surface area contributed by atoms with E-state index in [1.54, 1.807) is 54.9 Å². The van der Waals surface area contributed by atoms with Gasteiger partial charge in [0.25, 0.3) is 11.1 Å². The number of pyridine rings is 1. The van der Waals surface area contributed by atoms with E-state index in [4.69, 9.17) is 11.7 Å². The van der Waals surface area contributed by atoms with E-state index in [0.717, 1.165) is 22.2 Å². The van der Waals surface area contributed by atoms with Gasteiger partial charge in [-0.25, -0.2) is 10.8 Å². The zero-order valence-electron chi connectivity index (χ0n) is 18.2. The van der Waals surface area contributed by atoms with Gasteiger partial charge >= 0.3 is 0 Å². The first kappa shape index (κ1) is 27.4. The molecule has 1 fully saturated rings. The zero-order chi connectivity index (χ0) is 25.1. The summed E-state index contributed by atoms with van der Waals surface area (Å²) in [6, 6.07) is 10.3. The first-order chi connectivity index (χ1) is 16.4. The van der Waals surface area contributed by atoms with Crippen LogP contribution in [-0.4, -0.2) is 45.6 Å². The number of hydrazine groups is 1. The number of amidine groups is 1. The molecule has 0 spiro atoms. The lowest BCUT2D eigenvalue weighted by atomic mass is 10.2. The maximum absolute atomic E-state index is 12.5. The second kappa shape index (κ2) is 13.7. The smallest absolute Gasteiger partial charge is 0.293 e. The van der Waals surface area contributed by atoms with Gasteiger partial charge in [-0.15, -0.1) is 0 Å². The van der Waals surface area contributed by atoms with Crippen LogP contribution in [0.15, 0.2) is 57.2 Å². The molecule has 34 heavy (non-hydrogen) atoms. The molecule has 180 valence electrons. The molecule has 13 heteroatoms. The number of nitrogens with two attached hydrogens (primary N) is 2. The summed E-state index contributed by atoms with van der Waals surface area (Å²) in [5.41, 5.74) is 4.35. The van der Waals surface area contributed by atoms with Crippen molar-refractivity contribution in [1.29, 1.82) is 0 Å². The zero-order valence-corrected chi connectivity index (χ0v) is 21.5. The van der Waals surface area contributed by atoms with Gasteiger partial charge in [0.05, 0.1) is 4.91 Å². The van der Waals surface area contributed by atoms with E-state index in [9.17, 15) is 14.4 Å². The van der Waals surface area contributed by atoms with Gasteiger partial charge in [-0.1, -0.05) is 6.07 Å². The van der Waals surface area contributed by atoms with Crippen molar-refractivity contribution in [3.63, 3.8) is 0 Å². The molecular weight excluding hydrogens is 542 g/mol. The van der Waals surface area contributed by atoms with Crippen molar-refractivity contribution in [2.45, 2.75) is 12.8 Å². The lowest BCUT2D eigenvalue weighted by Gasteiger charge is -2.12. The van der Waals surface area contributed by atoms with E-state index in [-0.39, 0.29) is 30.0 Å². The van der Waals surface area contributed by atoms with E-state index in [0.29, 0.717) is 33.0 Å². The molecule has 1 saturated heterocycles. The molecule has 0 bridgehead atoms. The minimum Gasteiger partial charge on any atom is -0.326 e. The fraction of sp³-hybridized carbons (Fsp3) is 0.190. The third-order valence-electron chi connectivity index (χ3n) is 4.42. The molecular formula is C21H24BrN7O3S2. The molecule has 3 rings (SSSR count). The number of anilines is 1. The standard InChI is InChI=1S/C20H20BrN7O3S.CH4S/c21-16-8-3-12(11-24-16)10-15-19(30)28(20(31)32-15)9-1-2-17(29)25-14-6-4-13(5-7-14)18(26-22)27-23;1-2/h3-8,10-11H,1-2,9,22-23H2,(H,25,29)(H,26,27);2H,1H3/b15-10-;. The first-order valence-corrected chi connectivity index (χ1v) is 12.4. The number of hydrogen-bond donors (Lipinski definition) is 5. The van der Waals surface area contributed by atoms with E-state index in [2.05, 4.69) is 49.4 Å². The van der Waals surface area contributed by atoms with Crippen molar-refractivity contribution in [3.05, 3.63) is 63.2 Å². The second-order valence-electron chi connectivity index (χ2n) is 6.60. The SMILES string of the molecule is CS.N/N=C(\NN)c1ccc(NC(=O)CCCN2C(=O)S/C(=C\c3ccc(Br)nc3)C2=O)cc1. The summed E-state index contributed by atoms with van der Waals surface area (Å²) < 4.78 is 0.679. The summed E-state index contributed by atoms with van der Waals surface area (Å²) in [6.07, 6.45) is 5.42. The largest absolute Gasteiger partial charge is 0.326 e. The number of amides is 3. The normalized spacial score (nSPS) is 14.6. The van der Waals surface area contributed by atoms with Gasteiger partial charge in [-0.3, -0.25) is 19.3 Å². The van der Waals surface area contributed by atoms with Crippen LogP contribution in [0, 0.1) is 0 Å². The van der Waals surface area contributed by atoms with Gasteiger partial charge < -0.3 is 16.6 Å². The molecule has 0 saturated carbocycles. The predicted molar refractivity (Wildman–Crippen MR) is 142 cm³/mol. The quantitative estimate of drug-likeness (QED) is 0.0652. The highest BCUT2D eigenvalue weighted by atomic mass is 79.9. The number of thiol groups is 1. The third kappa shape index (κ3) is 7.58. The number of rotatable bonds is 7. The van der Waals surface area contributed by atoms with Crippen LogP contribution in [0.5, 0.6) is 0 Å². The number of carbonyl (C=O) groups excluding carboxylic acids is 3. The summed E-state index contributed by atoms with van der Waals surface area (Å²) >= 11 is 7.65. The van der Waals surface area contributed by atoms with Crippen molar-refractivity contribution >= 4 is 75.0 Å². The molecule has 1 aromatic carbocycles. The molecule has 0 radical (unpaired) electrons. The van der Waals surface area contributed by atoms with Crippen molar-refractivity contribution in [2.24, 2.45) is 16.8 Å². The van der Waals surface area contributed by atoms with Crippen LogP contribution < -0.4 is 22.4 Å². The van der Waals surface area contributed by atoms with Crippen molar-refractivity contribution < 1.29 is 14.4 Å². The molecule has 1 aliphatic heterocycles. The molecule has 0 atom stereocenters. The van der Waals surface area contributed by atoms with E-state index in [1.807, 2.05) is 0 Å². The van der Waals surface area contributed by atoms with Gasteiger partial charge in [0.1, 0.15) is 4.60 Å². The van der Waals surface area contributed by atoms with E-state index < -0.39 is 0 Å². The Kier molecular flexibility index (Phi) is 11.1. The Bertz CT molecular complexity index is 1080. The number of nitrogens with zero attached hydrogens (tertiary/aromatic N) is 3. The minimum atomic E-state index is -0.371. The Balaban J connectivity index is 0.00000199. The number of nitrogens with one attached hydrogen (secondary N) is 2. The van der Waals surface area contributed by atoms with Crippen molar-refractivity contribution in [3.8, 4) is 0 Å². The Hall–Kier alpha value is -2.87. The fourth-order valence-corrected chi connectivity index (χ4v) is 3.94. The molecule has 1 aliphatic rings. The van der Waals surface area contributed by atoms with Crippen LogP contribution in [0.2, 0.25) is 0 Å². The van der Waals surface area contributed by atoms with Gasteiger partial charge in [-0.2, -0.15) is 17.7 Å².